The van der Waals surface area contributed by atoms with Crippen molar-refractivity contribution in [2.45, 2.75) is 27.7 Å². The van der Waals surface area contributed by atoms with Crippen LogP contribution in [0.15, 0.2) is 48.5 Å². The second-order valence-corrected chi connectivity index (χ2v) is 6.73. The summed E-state index contributed by atoms with van der Waals surface area (Å²) in [5.74, 6) is -0.0394. The fraction of sp³-hybridized carbons (Fsp3) is 0.182. The maximum absolute atomic E-state index is 12.6. The Hall–Kier alpha value is -3.54. The van der Waals surface area contributed by atoms with Crippen molar-refractivity contribution in [2.24, 2.45) is 0 Å². The molecule has 0 aliphatic carbocycles. The molecule has 1 amide bonds. The Morgan fingerprint density at radius 3 is 2.36 bits per heavy atom. The average molecular weight is 374 g/mol. The van der Waals surface area contributed by atoms with Crippen LogP contribution in [0.2, 0.25) is 0 Å². The first kappa shape index (κ1) is 19.2. The average Bonchev–Trinajstić information content (AvgIpc) is 2.64. The summed E-state index contributed by atoms with van der Waals surface area (Å²) in [7, 11) is 0. The summed E-state index contributed by atoms with van der Waals surface area (Å²) in [5, 5.41) is 5.93. The molecular formula is C22H22N4O2. The molecule has 142 valence electrons. The normalized spacial score (nSPS) is 10.4. The van der Waals surface area contributed by atoms with E-state index in [-0.39, 0.29) is 17.4 Å². The van der Waals surface area contributed by atoms with Gasteiger partial charge in [0, 0.05) is 22.6 Å². The van der Waals surface area contributed by atoms with Crippen LogP contribution in [-0.2, 0) is 0 Å². The fourth-order valence-electron chi connectivity index (χ4n) is 2.70. The number of anilines is 3. The molecule has 6 heteroatoms. The fourth-order valence-corrected chi connectivity index (χ4v) is 2.70. The molecule has 0 aliphatic rings. The Bertz CT molecular complexity index is 1060. The summed E-state index contributed by atoms with van der Waals surface area (Å²) >= 11 is 0. The van der Waals surface area contributed by atoms with Crippen LogP contribution in [0, 0.1) is 20.8 Å². The van der Waals surface area contributed by atoms with Gasteiger partial charge in [0.05, 0.1) is 0 Å². The van der Waals surface area contributed by atoms with Gasteiger partial charge in [0.25, 0.3) is 5.91 Å². The zero-order valence-electron chi connectivity index (χ0n) is 16.3. The summed E-state index contributed by atoms with van der Waals surface area (Å²) < 4.78 is 0. The lowest BCUT2D eigenvalue weighted by Crippen LogP contribution is -2.15. The largest absolute Gasteiger partial charge is 0.324 e. The molecule has 0 saturated heterocycles. The van der Waals surface area contributed by atoms with E-state index in [2.05, 4.69) is 20.6 Å². The topological polar surface area (TPSA) is 84.0 Å². The number of benzene rings is 2. The van der Waals surface area contributed by atoms with Crippen molar-refractivity contribution in [3.63, 3.8) is 0 Å². The van der Waals surface area contributed by atoms with E-state index in [1.54, 1.807) is 31.2 Å². The zero-order chi connectivity index (χ0) is 20.3. The summed E-state index contributed by atoms with van der Waals surface area (Å²) in [4.78, 5) is 32.8. The van der Waals surface area contributed by atoms with Gasteiger partial charge in [-0.05, 0) is 69.2 Å². The minimum absolute atomic E-state index is 0.0257. The quantitative estimate of drug-likeness (QED) is 0.638. The highest BCUT2D eigenvalue weighted by atomic mass is 16.2. The molecule has 0 saturated carbocycles. The first-order chi connectivity index (χ1) is 13.3. The highest BCUT2D eigenvalue weighted by Gasteiger charge is 2.12. The molecule has 28 heavy (non-hydrogen) atoms. The molecule has 3 rings (SSSR count). The van der Waals surface area contributed by atoms with Crippen molar-refractivity contribution in [1.29, 1.82) is 0 Å². The van der Waals surface area contributed by atoms with E-state index < -0.39 is 0 Å². The third-order valence-electron chi connectivity index (χ3n) is 4.38. The molecular weight excluding hydrogens is 352 g/mol. The molecule has 0 bridgehead atoms. The van der Waals surface area contributed by atoms with Crippen LogP contribution in [0.4, 0.5) is 17.3 Å². The minimum atomic E-state index is -0.311. The van der Waals surface area contributed by atoms with Crippen LogP contribution in [0.3, 0.4) is 0 Å². The van der Waals surface area contributed by atoms with Crippen molar-refractivity contribution in [2.75, 3.05) is 10.6 Å². The van der Waals surface area contributed by atoms with Gasteiger partial charge in [0.15, 0.2) is 5.78 Å². The van der Waals surface area contributed by atoms with Crippen molar-refractivity contribution in [1.82, 2.24) is 9.97 Å². The number of rotatable bonds is 5. The molecule has 1 aromatic heterocycles. The molecule has 0 fully saturated rings. The molecule has 0 aliphatic heterocycles. The number of amides is 1. The maximum atomic E-state index is 12.6. The van der Waals surface area contributed by atoms with Crippen LogP contribution in [0.1, 0.15) is 44.6 Å². The number of nitrogens with one attached hydrogen (secondary N) is 2. The Labute approximate surface area is 164 Å². The summed E-state index contributed by atoms with van der Waals surface area (Å²) in [5.41, 5.74) is 5.16. The van der Waals surface area contributed by atoms with Gasteiger partial charge in [-0.2, -0.15) is 0 Å². The molecule has 1 heterocycles. The number of hydrogen-bond acceptors (Lipinski definition) is 5. The number of Topliss-reactive ketones (excluding diaryl/α,β-unsaturated/α-hetero) is 1. The Kier molecular flexibility index (Phi) is 5.49. The van der Waals surface area contributed by atoms with Crippen molar-refractivity contribution < 1.29 is 9.59 Å². The molecule has 0 unspecified atom stereocenters. The predicted molar refractivity (Wildman–Crippen MR) is 110 cm³/mol. The SMILES string of the molecule is CC(=O)c1cccc(Nc2nc(C)cc(C(=O)Nc3ccc(C)c(C)c3)n2)c1. The van der Waals surface area contributed by atoms with Crippen molar-refractivity contribution >= 4 is 29.0 Å². The zero-order valence-corrected chi connectivity index (χ0v) is 16.3. The van der Waals surface area contributed by atoms with Crippen LogP contribution in [0.25, 0.3) is 0 Å². The molecule has 6 nitrogen and oxygen atoms in total. The van der Waals surface area contributed by atoms with E-state index in [0.717, 1.165) is 11.1 Å². The molecule has 3 aromatic rings. The van der Waals surface area contributed by atoms with Crippen LogP contribution >= 0.6 is 0 Å². The van der Waals surface area contributed by atoms with Gasteiger partial charge < -0.3 is 10.6 Å². The highest BCUT2D eigenvalue weighted by molar-refractivity contribution is 6.03. The van der Waals surface area contributed by atoms with Gasteiger partial charge in [-0.1, -0.05) is 18.2 Å². The lowest BCUT2D eigenvalue weighted by molar-refractivity contribution is 0.101. The predicted octanol–water partition coefficient (Wildman–Crippen LogP) is 4.60. The number of aromatic nitrogens is 2. The van der Waals surface area contributed by atoms with Crippen LogP contribution < -0.4 is 10.6 Å². The lowest BCUT2D eigenvalue weighted by Gasteiger charge is -2.10. The molecule has 0 spiro atoms. The van der Waals surface area contributed by atoms with E-state index in [1.807, 2.05) is 38.1 Å². The lowest BCUT2D eigenvalue weighted by atomic mass is 10.1. The van der Waals surface area contributed by atoms with E-state index in [4.69, 9.17) is 0 Å². The smallest absolute Gasteiger partial charge is 0.274 e. The first-order valence-corrected chi connectivity index (χ1v) is 8.94. The van der Waals surface area contributed by atoms with Gasteiger partial charge in [-0.15, -0.1) is 0 Å². The second kappa shape index (κ2) is 8.00. The second-order valence-electron chi connectivity index (χ2n) is 6.73. The Morgan fingerprint density at radius 1 is 0.857 bits per heavy atom. The van der Waals surface area contributed by atoms with E-state index in [0.29, 0.717) is 28.6 Å². The van der Waals surface area contributed by atoms with Crippen molar-refractivity contribution in [3.8, 4) is 0 Å². The monoisotopic (exact) mass is 374 g/mol. The van der Waals surface area contributed by atoms with Crippen LogP contribution in [0.5, 0.6) is 0 Å². The summed E-state index contributed by atoms with van der Waals surface area (Å²) in [6.07, 6.45) is 0. The minimum Gasteiger partial charge on any atom is -0.324 e. The van der Waals surface area contributed by atoms with Gasteiger partial charge in [0.2, 0.25) is 5.95 Å². The first-order valence-electron chi connectivity index (χ1n) is 8.94. The standard InChI is InChI=1S/C22H22N4O2/c1-13-8-9-19(10-14(13)2)24-21(28)20-11-15(3)23-22(26-20)25-18-7-5-6-17(12-18)16(4)27/h5-12H,1-4H3,(H,24,28)(H,23,25,26). The molecule has 0 radical (unpaired) electrons. The van der Waals surface area contributed by atoms with Gasteiger partial charge in [-0.3, -0.25) is 9.59 Å². The Morgan fingerprint density at radius 2 is 1.64 bits per heavy atom. The number of hydrogen-bond donors (Lipinski definition) is 2. The van der Waals surface area contributed by atoms with E-state index >= 15 is 0 Å². The summed E-state index contributed by atoms with van der Waals surface area (Å²) in [6, 6.07) is 14.4. The van der Waals surface area contributed by atoms with Gasteiger partial charge in [0.1, 0.15) is 5.69 Å². The third-order valence-corrected chi connectivity index (χ3v) is 4.38. The van der Waals surface area contributed by atoms with Crippen molar-refractivity contribution in [3.05, 3.63) is 76.6 Å². The van der Waals surface area contributed by atoms with E-state index in [1.165, 1.54) is 6.92 Å². The number of nitrogens with zero attached hydrogens (tertiary/aromatic N) is 2. The van der Waals surface area contributed by atoms with E-state index in [9.17, 15) is 9.59 Å². The maximum Gasteiger partial charge on any atom is 0.274 e. The number of carbonyl (C=O) groups excluding carboxylic acids is 2. The third kappa shape index (κ3) is 4.59. The summed E-state index contributed by atoms with van der Waals surface area (Å²) in [6.45, 7) is 7.33. The molecule has 2 aromatic carbocycles. The number of carbonyl (C=O) groups is 2. The molecule has 2 N–H and O–H groups in total. The highest BCUT2D eigenvalue weighted by Crippen LogP contribution is 2.18. The number of aryl methyl sites for hydroxylation is 3. The molecule has 0 atom stereocenters. The van der Waals surface area contributed by atoms with Crippen LogP contribution in [-0.4, -0.2) is 21.7 Å². The van der Waals surface area contributed by atoms with Gasteiger partial charge in [-0.25, -0.2) is 9.97 Å². The Balaban J connectivity index is 1.82. The number of ketones is 1. The van der Waals surface area contributed by atoms with Gasteiger partial charge >= 0.3 is 0 Å².